The first kappa shape index (κ1) is 18.3. The highest BCUT2D eigenvalue weighted by Gasteiger charge is 2.59. The number of alkyl halides is 6. The second kappa shape index (κ2) is 5.50. The predicted molar refractivity (Wildman–Crippen MR) is 72.0 cm³/mol. The van der Waals surface area contributed by atoms with Gasteiger partial charge in [-0.15, -0.1) is 0 Å². The Morgan fingerprint density at radius 3 is 2.28 bits per heavy atom. The largest absolute Gasteiger partial charge is 0.490 e. The van der Waals surface area contributed by atoms with Crippen molar-refractivity contribution in [1.82, 2.24) is 0 Å². The molecule has 1 saturated carbocycles. The Bertz CT molecular complexity index is 802. The lowest BCUT2D eigenvalue weighted by atomic mass is 9.91. The van der Waals surface area contributed by atoms with Crippen LogP contribution in [0.4, 0.5) is 26.3 Å². The van der Waals surface area contributed by atoms with Crippen LogP contribution in [0.3, 0.4) is 0 Å². The van der Waals surface area contributed by atoms with E-state index in [1.165, 1.54) is 0 Å². The van der Waals surface area contributed by atoms with E-state index in [9.17, 15) is 39.9 Å². The van der Waals surface area contributed by atoms with Gasteiger partial charge < -0.3 is 9.84 Å². The molecule has 0 bridgehead atoms. The van der Waals surface area contributed by atoms with Crippen LogP contribution in [-0.2, 0) is 9.84 Å². The average Bonchev–Trinajstić information content (AvgIpc) is 2.67. The number of ether oxygens (including phenoxy) is 1. The molecular formula is C14H12F6O4S. The van der Waals surface area contributed by atoms with Gasteiger partial charge in [-0.25, -0.2) is 26.0 Å². The number of benzene rings is 1. The number of aliphatic hydroxyl groups is 1. The quantitative estimate of drug-likeness (QED) is 0.802. The molecule has 0 amide bonds. The first-order valence-corrected chi connectivity index (χ1v) is 8.76. The number of fused-ring (bicyclic) bond motifs is 1. The SMILES string of the molecule is O=S(=O)(CF)c1ccc(OC2CC(F)(F)C2)c2c1[C@H](O)C(F)(F)[C@@H]2F. The summed E-state index contributed by atoms with van der Waals surface area (Å²) in [5.41, 5.74) is -1.96. The molecule has 1 aromatic carbocycles. The third-order valence-corrected chi connectivity index (χ3v) is 5.57. The molecule has 0 aliphatic heterocycles. The van der Waals surface area contributed by atoms with Crippen LogP contribution in [0.15, 0.2) is 17.0 Å². The molecule has 140 valence electrons. The Labute approximate surface area is 138 Å². The molecule has 2 aliphatic rings. The Kier molecular flexibility index (Phi) is 4.03. The molecule has 11 heteroatoms. The van der Waals surface area contributed by atoms with Crippen molar-refractivity contribution in [3.05, 3.63) is 23.3 Å². The highest BCUT2D eigenvalue weighted by Crippen LogP contribution is 2.57. The van der Waals surface area contributed by atoms with Gasteiger partial charge >= 0.3 is 5.92 Å². The number of aliphatic hydroxyl groups excluding tert-OH is 1. The molecule has 0 radical (unpaired) electrons. The Balaban J connectivity index is 2.09. The fraction of sp³-hybridized carbons (Fsp3) is 0.571. The van der Waals surface area contributed by atoms with Gasteiger partial charge in [0.1, 0.15) is 18.0 Å². The molecule has 1 aromatic rings. The van der Waals surface area contributed by atoms with E-state index in [-0.39, 0.29) is 0 Å². The van der Waals surface area contributed by atoms with E-state index in [2.05, 4.69) is 0 Å². The number of halogens is 6. The van der Waals surface area contributed by atoms with E-state index in [0.717, 1.165) is 6.07 Å². The zero-order chi connectivity index (χ0) is 18.8. The summed E-state index contributed by atoms with van der Waals surface area (Å²) in [7, 11) is -4.69. The summed E-state index contributed by atoms with van der Waals surface area (Å²) < 4.78 is 109. The van der Waals surface area contributed by atoms with Gasteiger partial charge in [0.2, 0.25) is 9.84 Å². The number of rotatable bonds is 4. The lowest BCUT2D eigenvalue weighted by molar-refractivity contribution is -0.145. The van der Waals surface area contributed by atoms with E-state index in [0.29, 0.717) is 6.07 Å². The van der Waals surface area contributed by atoms with Crippen LogP contribution in [0, 0.1) is 0 Å². The second-order valence-corrected chi connectivity index (χ2v) is 7.94. The zero-order valence-corrected chi connectivity index (χ0v) is 13.2. The number of hydrogen-bond donors (Lipinski definition) is 1. The van der Waals surface area contributed by atoms with Gasteiger partial charge in [0, 0.05) is 24.0 Å². The first-order valence-electron chi connectivity index (χ1n) is 7.10. The van der Waals surface area contributed by atoms with E-state index in [1.54, 1.807) is 0 Å². The van der Waals surface area contributed by atoms with Crippen molar-refractivity contribution in [2.45, 2.75) is 48.0 Å². The summed E-state index contributed by atoms with van der Waals surface area (Å²) in [6.45, 7) is 0. The van der Waals surface area contributed by atoms with E-state index in [4.69, 9.17) is 4.74 Å². The van der Waals surface area contributed by atoms with Gasteiger partial charge in [-0.2, -0.15) is 8.78 Å². The molecule has 0 saturated heterocycles. The smallest absolute Gasteiger partial charge is 0.312 e. The van der Waals surface area contributed by atoms with Crippen molar-refractivity contribution in [3.63, 3.8) is 0 Å². The summed E-state index contributed by atoms with van der Waals surface area (Å²) >= 11 is 0. The molecule has 0 aromatic heterocycles. The Morgan fingerprint density at radius 1 is 1.16 bits per heavy atom. The summed E-state index contributed by atoms with van der Waals surface area (Å²) in [4.78, 5) is -0.983. The normalized spacial score (nSPS) is 27.6. The van der Waals surface area contributed by atoms with Crippen molar-refractivity contribution < 1.29 is 44.6 Å². The zero-order valence-electron chi connectivity index (χ0n) is 12.4. The topological polar surface area (TPSA) is 63.6 Å². The Hall–Kier alpha value is -1.49. The minimum Gasteiger partial charge on any atom is -0.490 e. The highest BCUT2D eigenvalue weighted by molar-refractivity contribution is 7.91. The lowest BCUT2D eigenvalue weighted by Crippen LogP contribution is -2.43. The van der Waals surface area contributed by atoms with Crippen molar-refractivity contribution in [3.8, 4) is 5.75 Å². The maximum absolute atomic E-state index is 14.2. The van der Waals surface area contributed by atoms with Gasteiger partial charge in [-0.05, 0) is 12.1 Å². The van der Waals surface area contributed by atoms with E-state index in [1.807, 2.05) is 0 Å². The fourth-order valence-corrected chi connectivity index (χ4v) is 3.91. The van der Waals surface area contributed by atoms with Gasteiger partial charge in [0.25, 0.3) is 5.92 Å². The molecular weight excluding hydrogens is 378 g/mol. The van der Waals surface area contributed by atoms with Crippen LogP contribution >= 0.6 is 0 Å². The van der Waals surface area contributed by atoms with Gasteiger partial charge in [-0.3, -0.25) is 0 Å². The minimum absolute atomic E-state index is 0.572. The molecule has 3 rings (SSSR count). The summed E-state index contributed by atoms with van der Waals surface area (Å²) in [6.07, 6.45) is -8.44. The fourth-order valence-electron chi connectivity index (χ4n) is 2.97. The monoisotopic (exact) mass is 390 g/mol. The van der Waals surface area contributed by atoms with Crippen LogP contribution in [0.5, 0.6) is 5.75 Å². The highest BCUT2D eigenvalue weighted by atomic mass is 32.2. The van der Waals surface area contributed by atoms with Crippen LogP contribution in [0.2, 0.25) is 0 Å². The van der Waals surface area contributed by atoms with Crippen LogP contribution in [0.1, 0.15) is 36.2 Å². The maximum Gasteiger partial charge on any atom is 0.312 e. The third kappa shape index (κ3) is 2.77. The molecule has 1 N–H and O–H groups in total. The first-order chi connectivity index (χ1) is 11.4. The maximum atomic E-state index is 14.2. The summed E-state index contributed by atoms with van der Waals surface area (Å²) in [6, 6.07) is -0.445. The summed E-state index contributed by atoms with van der Waals surface area (Å²) in [5, 5.41) is 9.68. The number of sulfone groups is 1. The molecule has 25 heavy (non-hydrogen) atoms. The molecule has 0 heterocycles. The predicted octanol–water partition coefficient (Wildman–Crippen LogP) is 3.26. The summed E-state index contributed by atoms with van der Waals surface area (Å²) in [5.74, 6) is -7.92. The van der Waals surface area contributed by atoms with Gasteiger partial charge in [-0.1, -0.05) is 0 Å². The molecule has 4 nitrogen and oxygen atoms in total. The van der Waals surface area contributed by atoms with Crippen molar-refractivity contribution in [2.75, 3.05) is 6.01 Å². The van der Waals surface area contributed by atoms with Crippen molar-refractivity contribution >= 4 is 9.84 Å². The van der Waals surface area contributed by atoms with Crippen LogP contribution < -0.4 is 4.74 Å². The van der Waals surface area contributed by atoms with Crippen molar-refractivity contribution in [2.24, 2.45) is 0 Å². The van der Waals surface area contributed by atoms with Gasteiger partial charge in [0.15, 0.2) is 12.2 Å². The van der Waals surface area contributed by atoms with Crippen molar-refractivity contribution in [1.29, 1.82) is 0 Å². The molecule has 0 spiro atoms. The number of hydrogen-bond acceptors (Lipinski definition) is 4. The van der Waals surface area contributed by atoms with Crippen LogP contribution in [0.25, 0.3) is 0 Å². The van der Waals surface area contributed by atoms with E-state index >= 15 is 0 Å². The molecule has 2 aliphatic carbocycles. The standard InChI is InChI=1S/C14H12F6O4S/c15-5-25(22,23)8-2-1-7(24-6-3-13(17,18)4-6)9-10(8)12(21)14(19,20)11(9)16/h1-2,6,11-12,21H,3-5H2/t11-,12+/m1/s1. The second-order valence-electron chi connectivity index (χ2n) is 6.06. The molecule has 1 fully saturated rings. The third-order valence-electron chi connectivity index (χ3n) is 4.26. The lowest BCUT2D eigenvalue weighted by Gasteiger charge is -2.35. The van der Waals surface area contributed by atoms with E-state index < -0.39 is 80.7 Å². The van der Waals surface area contributed by atoms with Crippen LogP contribution in [-0.4, -0.2) is 37.5 Å². The van der Waals surface area contributed by atoms with Gasteiger partial charge in [0.05, 0.1) is 4.90 Å². The average molecular weight is 390 g/mol. The molecule has 0 unspecified atom stereocenters. The molecule has 2 atom stereocenters. The minimum atomic E-state index is -4.69. The Morgan fingerprint density at radius 2 is 1.76 bits per heavy atom.